The minimum atomic E-state index is 0.0361. The van der Waals surface area contributed by atoms with Crippen LogP contribution in [0.4, 0.5) is 0 Å². The number of aromatic nitrogens is 2. The van der Waals surface area contributed by atoms with E-state index in [4.69, 9.17) is 5.11 Å². The molecule has 1 heterocycles. The third-order valence-electron chi connectivity index (χ3n) is 2.82. The molecule has 1 N–H and O–H groups in total. The van der Waals surface area contributed by atoms with E-state index in [1.807, 2.05) is 17.7 Å². The first-order valence-electron chi connectivity index (χ1n) is 5.51. The summed E-state index contributed by atoms with van der Waals surface area (Å²) in [6.45, 7) is 2.15. The standard InChI is InChI=1S/C13H16N2OS/c1-10-5-3-4-6-11(10)9-17-13-14-7-12(8-16)15(13)2/h3-7,16H,8-9H2,1-2H3. The van der Waals surface area contributed by atoms with Crippen LogP contribution in [0.25, 0.3) is 0 Å². The number of thioether (sulfide) groups is 1. The van der Waals surface area contributed by atoms with E-state index in [2.05, 4.69) is 30.1 Å². The SMILES string of the molecule is Cc1ccccc1CSc1ncc(CO)n1C. The molecule has 3 nitrogen and oxygen atoms in total. The van der Waals surface area contributed by atoms with Gasteiger partial charge in [-0.1, -0.05) is 36.0 Å². The summed E-state index contributed by atoms with van der Waals surface area (Å²) in [7, 11) is 1.93. The van der Waals surface area contributed by atoms with Gasteiger partial charge in [0.15, 0.2) is 5.16 Å². The molecule has 0 radical (unpaired) electrons. The maximum atomic E-state index is 9.09. The highest BCUT2D eigenvalue weighted by molar-refractivity contribution is 7.98. The van der Waals surface area contributed by atoms with E-state index in [9.17, 15) is 0 Å². The quantitative estimate of drug-likeness (QED) is 0.845. The minimum absolute atomic E-state index is 0.0361. The summed E-state index contributed by atoms with van der Waals surface area (Å²) in [6, 6.07) is 8.36. The van der Waals surface area contributed by atoms with Gasteiger partial charge in [0.05, 0.1) is 18.5 Å². The summed E-state index contributed by atoms with van der Waals surface area (Å²) in [6.07, 6.45) is 1.72. The van der Waals surface area contributed by atoms with Crippen molar-refractivity contribution in [1.29, 1.82) is 0 Å². The number of benzene rings is 1. The van der Waals surface area contributed by atoms with Crippen LogP contribution in [0.5, 0.6) is 0 Å². The van der Waals surface area contributed by atoms with Gasteiger partial charge in [0, 0.05) is 12.8 Å². The zero-order valence-electron chi connectivity index (χ0n) is 10.1. The van der Waals surface area contributed by atoms with Crippen molar-refractivity contribution in [1.82, 2.24) is 9.55 Å². The summed E-state index contributed by atoms with van der Waals surface area (Å²) in [5, 5.41) is 10.0. The van der Waals surface area contributed by atoms with E-state index in [1.54, 1.807) is 18.0 Å². The van der Waals surface area contributed by atoms with Crippen LogP contribution < -0.4 is 0 Å². The van der Waals surface area contributed by atoms with Crippen LogP contribution in [0.15, 0.2) is 35.6 Å². The number of imidazole rings is 1. The van der Waals surface area contributed by atoms with E-state index in [1.165, 1.54) is 11.1 Å². The number of hydrogen-bond donors (Lipinski definition) is 1. The minimum Gasteiger partial charge on any atom is -0.390 e. The Bertz CT molecular complexity index is 508. The van der Waals surface area contributed by atoms with Gasteiger partial charge < -0.3 is 9.67 Å². The van der Waals surface area contributed by atoms with Crippen LogP contribution >= 0.6 is 11.8 Å². The lowest BCUT2D eigenvalue weighted by molar-refractivity contribution is 0.271. The van der Waals surface area contributed by atoms with Crippen molar-refractivity contribution in [3.8, 4) is 0 Å². The second kappa shape index (κ2) is 5.38. The fraction of sp³-hybridized carbons (Fsp3) is 0.308. The van der Waals surface area contributed by atoms with E-state index < -0.39 is 0 Å². The third kappa shape index (κ3) is 2.70. The molecular weight excluding hydrogens is 232 g/mol. The fourth-order valence-electron chi connectivity index (χ4n) is 1.62. The first-order valence-corrected chi connectivity index (χ1v) is 6.49. The summed E-state index contributed by atoms with van der Waals surface area (Å²) < 4.78 is 1.93. The third-order valence-corrected chi connectivity index (χ3v) is 3.91. The Labute approximate surface area is 106 Å². The van der Waals surface area contributed by atoms with Crippen molar-refractivity contribution in [3.63, 3.8) is 0 Å². The molecule has 2 aromatic rings. The molecule has 0 aliphatic heterocycles. The van der Waals surface area contributed by atoms with Crippen molar-refractivity contribution < 1.29 is 5.11 Å². The summed E-state index contributed by atoms with van der Waals surface area (Å²) in [4.78, 5) is 4.30. The molecule has 0 saturated carbocycles. The van der Waals surface area contributed by atoms with Crippen LogP contribution in [0.3, 0.4) is 0 Å². The second-order valence-electron chi connectivity index (χ2n) is 3.96. The lowest BCUT2D eigenvalue weighted by atomic mass is 10.1. The zero-order valence-corrected chi connectivity index (χ0v) is 10.9. The topological polar surface area (TPSA) is 38.1 Å². The van der Waals surface area contributed by atoms with Gasteiger partial charge in [-0.15, -0.1) is 0 Å². The smallest absolute Gasteiger partial charge is 0.168 e. The number of aliphatic hydroxyl groups excluding tert-OH is 1. The van der Waals surface area contributed by atoms with Crippen LogP contribution in [0.2, 0.25) is 0 Å². The average molecular weight is 248 g/mol. The largest absolute Gasteiger partial charge is 0.390 e. The van der Waals surface area contributed by atoms with Gasteiger partial charge in [-0.25, -0.2) is 4.98 Å². The van der Waals surface area contributed by atoms with Crippen molar-refractivity contribution >= 4 is 11.8 Å². The normalized spacial score (nSPS) is 10.8. The summed E-state index contributed by atoms with van der Waals surface area (Å²) >= 11 is 1.69. The maximum Gasteiger partial charge on any atom is 0.168 e. The molecule has 0 atom stereocenters. The highest BCUT2D eigenvalue weighted by Crippen LogP contribution is 2.23. The second-order valence-corrected chi connectivity index (χ2v) is 4.91. The maximum absolute atomic E-state index is 9.09. The Morgan fingerprint density at radius 1 is 1.35 bits per heavy atom. The Kier molecular flexibility index (Phi) is 3.86. The number of aliphatic hydroxyl groups is 1. The molecule has 17 heavy (non-hydrogen) atoms. The Balaban J connectivity index is 2.07. The summed E-state index contributed by atoms with van der Waals surface area (Å²) in [5.41, 5.74) is 3.47. The van der Waals surface area contributed by atoms with Crippen molar-refractivity contribution in [2.75, 3.05) is 0 Å². The lowest BCUT2D eigenvalue weighted by Gasteiger charge is -2.06. The average Bonchev–Trinajstić information content (AvgIpc) is 2.69. The number of aryl methyl sites for hydroxylation is 1. The number of hydrogen-bond acceptors (Lipinski definition) is 3. The molecule has 0 amide bonds. The van der Waals surface area contributed by atoms with Gasteiger partial charge in [0.1, 0.15) is 0 Å². The number of nitrogens with zero attached hydrogens (tertiary/aromatic N) is 2. The van der Waals surface area contributed by atoms with Crippen LogP contribution in [-0.4, -0.2) is 14.7 Å². The van der Waals surface area contributed by atoms with Gasteiger partial charge in [0.25, 0.3) is 0 Å². The first kappa shape index (κ1) is 12.2. The molecular formula is C13H16N2OS. The zero-order chi connectivity index (χ0) is 12.3. The van der Waals surface area contributed by atoms with Crippen molar-refractivity contribution in [2.24, 2.45) is 7.05 Å². The molecule has 4 heteroatoms. The highest BCUT2D eigenvalue weighted by atomic mass is 32.2. The lowest BCUT2D eigenvalue weighted by Crippen LogP contribution is -1.97. The highest BCUT2D eigenvalue weighted by Gasteiger charge is 2.06. The number of rotatable bonds is 4. The van der Waals surface area contributed by atoms with Gasteiger partial charge in [-0.2, -0.15) is 0 Å². The van der Waals surface area contributed by atoms with E-state index in [0.29, 0.717) is 0 Å². The molecule has 1 aromatic carbocycles. The molecule has 0 aliphatic carbocycles. The molecule has 0 saturated heterocycles. The van der Waals surface area contributed by atoms with Crippen LogP contribution in [0, 0.1) is 6.92 Å². The van der Waals surface area contributed by atoms with E-state index in [-0.39, 0.29) is 6.61 Å². The molecule has 0 spiro atoms. The van der Waals surface area contributed by atoms with Gasteiger partial charge in [0.2, 0.25) is 0 Å². The van der Waals surface area contributed by atoms with Crippen molar-refractivity contribution in [2.45, 2.75) is 24.4 Å². The Morgan fingerprint density at radius 2 is 2.12 bits per heavy atom. The molecule has 0 fully saturated rings. The Morgan fingerprint density at radius 3 is 2.76 bits per heavy atom. The molecule has 90 valence electrons. The van der Waals surface area contributed by atoms with Gasteiger partial charge >= 0.3 is 0 Å². The monoisotopic (exact) mass is 248 g/mol. The summed E-state index contributed by atoms with van der Waals surface area (Å²) in [5.74, 6) is 0.905. The molecule has 0 unspecified atom stereocenters. The predicted octanol–water partition coefficient (Wildman–Crippen LogP) is 2.51. The predicted molar refractivity (Wildman–Crippen MR) is 69.9 cm³/mol. The van der Waals surface area contributed by atoms with Gasteiger partial charge in [-0.05, 0) is 18.1 Å². The molecule has 0 aliphatic rings. The first-order chi connectivity index (χ1) is 8.22. The van der Waals surface area contributed by atoms with Crippen LogP contribution in [-0.2, 0) is 19.4 Å². The van der Waals surface area contributed by atoms with E-state index in [0.717, 1.165) is 16.6 Å². The van der Waals surface area contributed by atoms with Crippen molar-refractivity contribution in [3.05, 3.63) is 47.3 Å². The van der Waals surface area contributed by atoms with Crippen LogP contribution in [0.1, 0.15) is 16.8 Å². The molecule has 1 aromatic heterocycles. The Hall–Kier alpha value is -1.26. The fourth-order valence-corrected chi connectivity index (χ4v) is 2.67. The van der Waals surface area contributed by atoms with E-state index >= 15 is 0 Å². The molecule has 2 rings (SSSR count). The molecule has 0 bridgehead atoms. The van der Waals surface area contributed by atoms with Gasteiger partial charge in [-0.3, -0.25) is 0 Å².